The van der Waals surface area contributed by atoms with Gasteiger partial charge in [0.05, 0.1) is 41.7 Å². The zero-order valence-electron chi connectivity index (χ0n) is 21.0. The number of rotatable bonds is 9. The molecule has 1 heterocycles. The van der Waals surface area contributed by atoms with Crippen LogP contribution in [-0.2, 0) is 10.0 Å². The van der Waals surface area contributed by atoms with Gasteiger partial charge in [-0.1, -0.05) is 12.1 Å². The number of sulfonamides is 1. The second-order valence-corrected chi connectivity index (χ2v) is 10.6. The first-order valence-corrected chi connectivity index (χ1v) is 13.7. The summed E-state index contributed by atoms with van der Waals surface area (Å²) in [5.74, 6) is 1.79. The number of anilines is 3. The average Bonchev–Trinajstić information content (AvgIpc) is 3.76. The van der Waals surface area contributed by atoms with Gasteiger partial charge >= 0.3 is 6.03 Å². The molecule has 1 aliphatic rings. The van der Waals surface area contributed by atoms with Gasteiger partial charge in [0.2, 0.25) is 0 Å². The molecule has 196 valence electrons. The predicted octanol–water partition coefficient (Wildman–Crippen LogP) is 5.77. The van der Waals surface area contributed by atoms with E-state index in [0.717, 1.165) is 5.69 Å². The Morgan fingerprint density at radius 3 is 2.37 bits per heavy atom. The first-order chi connectivity index (χ1) is 18.4. The van der Waals surface area contributed by atoms with Gasteiger partial charge in [-0.25, -0.2) is 17.9 Å². The molecule has 9 nitrogen and oxygen atoms in total. The summed E-state index contributed by atoms with van der Waals surface area (Å²) in [5.41, 5.74) is 3.65. The van der Waals surface area contributed by atoms with Gasteiger partial charge in [0.25, 0.3) is 10.0 Å². The zero-order chi connectivity index (χ0) is 26.7. The molecule has 0 atom stereocenters. The smallest absolute Gasteiger partial charge is 0.333 e. The van der Waals surface area contributed by atoms with Crippen molar-refractivity contribution in [3.63, 3.8) is 0 Å². The molecule has 1 fully saturated rings. The van der Waals surface area contributed by atoms with Gasteiger partial charge in [-0.05, 0) is 85.8 Å². The van der Waals surface area contributed by atoms with E-state index in [1.165, 1.54) is 48.9 Å². The van der Waals surface area contributed by atoms with Crippen molar-refractivity contribution in [1.82, 2.24) is 9.71 Å². The second kappa shape index (κ2) is 10.6. The summed E-state index contributed by atoms with van der Waals surface area (Å²) < 4.78 is 38.4. The van der Waals surface area contributed by atoms with Crippen LogP contribution in [0.4, 0.5) is 21.9 Å². The van der Waals surface area contributed by atoms with Crippen molar-refractivity contribution in [1.29, 1.82) is 0 Å². The summed E-state index contributed by atoms with van der Waals surface area (Å²) in [6.45, 7) is 2.29. The number of nitrogens with one attached hydrogen (secondary N) is 3. The van der Waals surface area contributed by atoms with Crippen LogP contribution in [-0.4, -0.2) is 33.1 Å². The van der Waals surface area contributed by atoms with Gasteiger partial charge in [-0.3, -0.25) is 4.98 Å². The number of urea groups is 1. The lowest BCUT2D eigenvalue weighted by atomic mass is 10.1. The van der Waals surface area contributed by atoms with E-state index in [2.05, 4.69) is 32.5 Å². The van der Waals surface area contributed by atoms with Gasteiger partial charge in [-0.15, -0.1) is 0 Å². The minimum absolute atomic E-state index is 0.0634. The van der Waals surface area contributed by atoms with Crippen LogP contribution >= 0.6 is 0 Å². The third-order valence-corrected chi connectivity index (χ3v) is 7.57. The number of ether oxygens (including phenoxy) is 2. The molecule has 10 heteroatoms. The van der Waals surface area contributed by atoms with Crippen molar-refractivity contribution in [2.24, 2.45) is 0 Å². The second-order valence-electron chi connectivity index (χ2n) is 8.92. The Hall–Kier alpha value is -4.31. The molecule has 0 saturated heterocycles. The fraction of sp³-hybridized carbons (Fsp3) is 0.214. The Labute approximate surface area is 221 Å². The third kappa shape index (κ3) is 5.65. The number of hydrogen-bond acceptors (Lipinski definition) is 7. The molecule has 2 amide bonds. The maximum Gasteiger partial charge on any atom is 0.333 e. The molecular weight excluding hydrogens is 504 g/mol. The van der Waals surface area contributed by atoms with Crippen LogP contribution in [0.5, 0.6) is 11.5 Å². The van der Waals surface area contributed by atoms with Crippen LogP contribution in [0.15, 0.2) is 77.8 Å². The summed E-state index contributed by atoms with van der Waals surface area (Å²) in [7, 11) is -2.55. The summed E-state index contributed by atoms with van der Waals surface area (Å²) in [4.78, 5) is 17.2. The van der Waals surface area contributed by atoms with Crippen molar-refractivity contribution < 1.29 is 22.7 Å². The summed E-state index contributed by atoms with van der Waals surface area (Å²) in [6, 6.07) is 18.5. The van der Waals surface area contributed by atoms with E-state index >= 15 is 0 Å². The van der Waals surface area contributed by atoms with Crippen molar-refractivity contribution in [2.45, 2.75) is 30.6 Å². The normalized spacial score (nSPS) is 13.1. The van der Waals surface area contributed by atoms with Gasteiger partial charge in [0, 0.05) is 11.1 Å². The SMILES string of the molecule is CCOc1ccc(S(=O)(=O)NC(=O)Nc2cnc3ccc(OC)cc3c2Nc2ccc(C3CC3)cc2)cc1. The van der Waals surface area contributed by atoms with Crippen LogP contribution in [0, 0.1) is 0 Å². The molecule has 0 aliphatic heterocycles. The Morgan fingerprint density at radius 2 is 1.71 bits per heavy atom. The average molecular weight is 533 g/mol. The highest BCUT2D eigenvalue weighted by Crippen LogP contribution is 2.41. The molecule has 3 aromatic carbocycles. The van der Waals surface area contributed by atoms with Crippen LogP contribution in [0.2, 0.25) is 0 Å². The van der Waals surface area contributed by atoms with Crippen molar-refractivity contribution >= 4 is 44.0 Å². The fourth-order valence-electron chi connectivity index (χ4n) is 4.14. The molecule has 4 aromatic rings. The highest BCUT2D eigenvalue weighted by atomic mass is 32.2. The van der Waals surface area contributed by atoms with E-state index in [1.54, 1.807) is 13.2 Å². The van der Waals surface area contributed by atoms with E-state index in [1.807, 2.05) is 31.2 Å². The Morgan fingerprint density at radius 1 is 1.00 bits per heavy atom. The third-order valence-electron chi connectivity index (χ3n) is 6.22. The molecule has 0 radical (unpaired) electrons. The lowest BCUT2D eigenvalue weighted by Crippen LogP contribution is -2.34. The molecule has 1 saturated carbocycles. The van der Waals surface area contributed by atoms with Gasteiger partial charge in [-0.2, -0.15) is 0 Å². The lowest BCUT2D eigenvalue weighted by molar-refractivity contribution is 0.256. The minimum atomic E-state index is -4.12. The minimum Gasteiger partial charge on any atom is -0.497 e. The summed E-state index contributed by atoms with van der Waals surface area (Å²) in [6.07, 6.45) is 3.91. The number of carbonyl (C=O) groups excluding carboxylic acids is 1. The largest absolute Gasteiger partial charge is 0.497 e. The number of nitrogens with zero attached hydrogens (tertiary/aromatic N) is 1. The number of fused-ring (bicyclic) bond motifs is 1. The van der Waals surface area contributed by atoms with Gasteiger partial charge < -0.3 is 20.1 Å². The molecule has 38 heavy (non-hydrogen) atoms. The highest BCUT2D eigenvalue weighted by Gasteiger charge is 2.23. The predicted molar refractivity (Wildman–Crippen MR) is 147 cm³/mol. The van der Waals surface area contributed by atoms with Crippen LogP contribution in [0.25, 0.3) is 10.9 Å². The van der Waals surface area contributed by atoms with Gasteiger partial charge in [0.1, 0.15) is 11.5 Å². The number of hydrogen-bond donors (Lipinski definition) is 3. The van der Waals surface area contributed by atoms with Crippen molar-refractivity contribution in [2.75, 3.05) is 24.4 Å². The monoisotopic (exact) mass is 532 g/mol. The number of methoxy groups -OCH3 is 1. The topological polar surface area (TPSA) is 119 Å². The number of pyridine rings is 1. The molecule has 0 spiro atoms. The van der Waals surface area contributed by atoms with Crippen LogP contribution < -0.4 is 24.8 Å². The van der Waals surface area contributed by atoms with Crippen molar-refractivity contribution in [3.8, 4) is 11.5 Å². The van der Waals surface area contributed by atoms with Crippen LogP contribution in [0.1, 0.15) is 31.2 Å². The first kappa shape index (κ1) is 25.3. The van der Waals surface area contributed by atoms with E-state index in [9.17, 15) is 13.2 Å². The quantitative estimate of drug-likeness (QED) is 0.250. The van der Waals surface area contributed by atoms with E-state index in [-0.39, 0.29) is 4.90 Å². The Balaban J connectivity index is 1.42. The molecule has 1 aliphatic carbocycles. The number of carbonyl (C=O) groups is 1. The number of amides is 2. The fourth-order valence-corrected chi connectivity index (χ4v) is 5.05. The molecule has 5 rings (SSSR count). The summed E-state index contributed by atoms with van der Waals surface area (Å²) in [5, 5.41) is 6.70. The van der Waals surface area contributed by atoms with Crippen molar-refractivity contribution in [3.05, 3.63) is 78.5 Å². The zero-order valence-corrected chi connectivity index (χ0v) is 21.8. The molecular formula is C28H28N4O5S. The van der Waals surface area contributed by atoms with E-state index < -0.39 is 16.1 Å². The van der Waals surface area contributed by atoms with E-state index in [0.29, 0.717) is 46.3 Å². The first-order valence-electron chi connectivity index (χ1n) is 12.3. The lowest BCUT2D eigenvalue weighted by Gasteiger charge is -2.17. The molecule has 0 bridgehead atoms. The summed E-state index contributed by atoms with van der Waals surface area (Å²) >= 11 is 0. The van der Waals surface area contributed by atoms with Gasteiger partial charge in [0.15, 0.2) is 0 Å². The molecule has 0 unspecified atom stereocenters. The van der Waals surface area contributed by atoms with Crippen LogP contribution in [0.3, 0.4) is 0 Å². The maximum atomic E-state index is 12.9. The Kier molecular flexibility index (Phi) is 7.06. The Bertz CT molecular complexity index is 1570. The number of benzene rings is 3. The molecule has 3 N–H and O–H groups in total. The number of aromatic nitrogens is 1. The maximum absolute atomic E-state index is 12.9. The highest BCUT2D eigenvalue weighted by molar-refractivity contribution is 7.90. The van der Waals surface area contributed by atoms with E-state index in [4.69, 9.17) is 9.47 Å². The molecule has 1 aromatic heterocycles. The standard InChI is InChI=1S/C28H28N4O5S/c1-3-37-21-10-13-23(14-11-21)38(34,35)32-28(33)31-26-17-29-25-15-12-22(36-2)16-24(25)27(26)30-20-8-6-19(7-9-20)18-4-5-18/h6-18H,3-5H2,1-2H3,(H,29,30)(H2,31,32,33).